The number of rotatable bonds is 2. The van der Waals surface area contributed by atoms with Gasteiger partial charge in [-0.2, -0.15) is 0 Å². The minimum atomic E-state index is -0.122. The van der Waals surface area contributed by atoms with E-state index in [-0.39, 0.29) is 28.7 Å². The van der Waals surface area contributed by atoms with E-state index in [1.54, 1.807) is 12.1 Å². The van der Waals surface area contributed by atoms with E-state index < -0.39 is 0 Å². The summed E-state index contributed by atoms with van der Waals surface area (Å²) in [4.78, 5) is 15.3. The number of fused-ring (bicyclic) bond motifs is 3. The van der Waals surface area contributed by atoms with Crippen molar-refractivity contribution in [3.63, 3.8) is 0 Å². The molecule has 3 N–H and O–H groups in total. The lowest BCUT2D eigenvalue weighted by molar-refractivity contribution is -0.167. The zero-order chi connectivity index (χ0) is 15.8. The molecule has 3 aromatic rings. The van der Waals surface area contributed by atoms with Gasteiger partial charge in [-0.3, -0.25) is 4.79 Å². The Morgan fingerprint density at radius 2 is 1.74 bits per heavy atom. The van der Waals surface area contributed by atoms with Crippen LogP contribution in [0.4, 0.5) is 0 Å². The topological polar surface area (TPSA) is 73.3 Å². The lowest BCUT2D eigenvalue weighted by Gasteiger charge is -2.70. The summed E-state index contributed by atoms with van der Waals surface area (Å²) in [6.45, 7) is 0.275. The smallest absolute Gasteiger partial charge is 0.256 e. The molecule has 0 radical (unpaired) electrons. The lowest BCUT2D eigenvalue weighted by Crippen LogP contribution is -2.66. The van der Waals surface area contributed by atoms with Gasteiger partial charge in [0.05, 0.1) is 5.52 Å². The first-order chi connectivity index (χ1) is 11.0. The molecule has 3 fully saturated rings. The van der Waals surface area contributed by atoms with Crippen LogP contribution in [-0.4, -0.2) is 21.8 Å². The summed E-state index contributed by atoms with van der Waals surface area (Å²) >= 11 is 0. The first-order valence-electron chi connectivity index (χ1n) is 7.94. The van der Waals surface area contributed by atoms with E-state index in [1.807, 2.05) is 18.2 Å². The number of aromatic hydroxyl groups is 1. The zero-order valence-electron chi connectivity index (χ0n) is 12.6. The molecule has 6 rings (SSSR count). The highest BCUT2D eigenvalue weighted by atomic mass is 16.3. The quantitative estimate of drug-likeness (QED) is 0.637. The third-order valence-electron chi connectivity index (χ3n) is 5.89. The van der Waals surface area contributed by atoms with Crippen LogP contribution in [0.3, 0.4) is 0 Å². The molecular formula is C19H17NO3. The molecule has 1 heterocycles. The average Bonchev–Trinajstić information content (AvgIpc) is 2.45. The Kier molecular flexibility index (Phi) is 2.26. The Labute approximate surface area is 132 Å². The maximum absolute atomic E-state index is 12.4. The van der Waals surface area contributed by atoms with Gasteiger partial charge in [-0.1, -0.05) is 12.1 Å². The number of hydrogen-bond donors (Lipinski definition) is 3. The highest BCUT2D eigenvalue weighted by Crippen LogP contribution is 2.73. The van der Waals surface area contributed by atoms with Gasteiger partial charge in [-0.15, -0.1) is 0 Å². The predicted octanol–water partition coefficient (Wildman–Crippen LogP) is 2.80. The Morgan fingerprint density at radius 3 is 2.48 bits per heavy atom. The van der Waals surface area contributed by atoms with Crippen LogP contribution in [0.15, 0.2) is 41.2 Å². The van der Waals surface area contributed by atoms with Crippen molar-refractivity contribution < 1.29 is 10.2 Å². The van der Waals surface area contributed by atoms with Crippen LogP contribution in [-0.2, 0) is 5.41 Å². The zero-order valence-corrected chi connectivity index (χ0v) is 12.6. The van der Waals surface area contributed by atoms with Gasteiger partial charge in [0.1, 0.15) is 5.75 Å². The standard InChI is InChI=1S/C19H17NO3/c21-10-18-7-19(8-18,9-18)11-1-3-13-14-4-2-12(22)6-16(14)20-17(23)15(13)5-11/h1-6,21-22H,7-10H2,(H,20,23). The molecule has 0 aliphatic heterocycles. The SMILES string of the molecule is O=c1[nH]c2cc(O)ccc2c2ccc(C34CC(CO)(C3)C4)cc12. The van der Waals surface area contributed by atoms with Crippen LogP contribution in [0.25, 0.3) is 21.7 Å². The summed E-state index contributed by atoms with van der Waals surface area (Å²) in [5.74, 6) is 0.146. The summed E-state index contributed by atoms with van der Waals surface area (Å²) in [5, 5.41) is 21.6. The number of aliphatic hydroxyl groups excluding tert-OH is 1. The fourth-order valence-corrected chi connectivity index (χ4v) is 4.83. The molecule has 0 saturated heterocycles. The van der Waals surface area contributed by atoms with Gasteiger partial charge < -0.3 is 15.2 Å². The molecule has 3 aliphatic rings. The van der Waals surface area contributed by atoms with Crippen LogP contribution < -0.4 is 5.56 Å². The Balaban J connectivity index is 1.70. The first-order valence-corrected chi connectivity index (χ1v) is 7.94. The normalized spacial score (nSPS) is 28.6. The van der Waals surface area contributed by atoms with E-state index >= 15 is 0 Å². The van der Waals surface area contributed by atoms with Crippen molar-refractivity contribution in [2.45, 2.75) is 24.7 Å². The van der Waals surface area contributed by atoms with Gasteiger partial charge in [0, 0.05) is 23.4 Å². The maximum atomic E-state index is 12.4. The second-order valence-electron chi connectivity index (χ2n) is 7.41. The summed E-state index contributed by atoms with van der Waals surface area (Å²) in [7, 11) is 0. The molecule has 116 valence electrons. The van der Waals surface area contributed by atoms with Crippen molar-refractivity contribution in [2.75, 3.05) is 6.61 Å². The number of H-pyrrole nitrogens is 1. The molecular weight excluding hydrogens is 290 g/mol. The minimum Gasteiger partial charge on any atom is -0.508 e. The van der Waals surface area contributed by atoms with Gasteiger partial charge in [0.2, 0.25) is 0 Å². The van der Waals surface area contributed by atoms with E-state index in [0.29, 0.717) is 10.9 Å². The maximum Gasteiger partial charge on any atom is 0.256 e. The van der Waals surface area contributed by atoms with Crippen LogP contribution >= 0.6 is 0 Å². The number of hydrogen-bond acceptors (Lipinski definition) is 3. The first kappa shape index (κ1) is 13.1. The molecule has 3 saturated carbocycles. The Bertz CT molecular complexity index is 1010. The molecule has 0 atom stereocenters. The number of nitrogens with one attached hydrogen (secondary N) is 1. The molecule has 2 aromatic carbocycles. The molecule has 1 aromatic heterocycles. The number of aromatic nitrogens is 1. The van der Waals surface area contributed by atoms with Crippen LogP contribution in [0.5, 0.6) is 5.75 Å². The van der Waals surface area contributed by atoms with Gasteiger partial charge in [0.15, 0.2) is 0 Å². The van der Waals surface area contributed by atoms with Gasteiger partial charge in [-0.25, -0.2) is 0 Å². The molecule has 3 aliphatic carbocycles. The molecule has 0 amide bonds. The highest BCUT2D eigenvalue weighted by molar-refractivity contribution is 6.05. The van der Waals surface area contributed by atoms with Gasteiger partial charge >= 0.3 is 0 Å². The monoisotopic (exact) mass is 307 g/mol. The average molecular weight is 307 g/mol. The van der Waals surface area contributed by atoms with Crippen LogP contribution in [0, 0.1) is 5.41 Å². The van der Waals surface area contributed by atoms with E-state index in [2.05, 4.69) is 11.1 Å². The van der Waals surface area contributed by atoms with Gasteiger partial charge in [0.25, 0.3) is 5.56 Å². The number of pyridine rings is 1. The fourth-order valence-electron chi connectivity index (χ4n) is 4.83. The number of aliphatic hydroxyl groups is 1. The molecule has 0 spiro atoms. The molecule has 4 nitrogen and oxygen atoms in total. The van der Waals surface area contributed by atoms with Gasteiger partial charge in [-0.05, 0) is 59.2 Å². The summed E-state index contributed by atoms with van der Waals surface area (Å²) < 4.78 is 0. The largest absolute Gasteiger partial charge is 0.508 e. The number of phenolic OH excluding ortho intramolecular Hbond substituents is 1. The fraction of sp³-hybridized carbons (Fsp3) is 0.316. The lowest BCUT2D eigenvalue weighted by atomic mass is 9.34. The number of benzene rings is 2. The van der Waals surface area contributed by atoms with Crippen molar-refractivity contribution in [1.29, 1.82) is 0 Å². The van der Waals surface area contributed by atoms with E-state index in [4.69, 9.17) is 0 Å². The summed E-state index contributed by atoms with van der Waals surface area (Å²) in [6.07, 6.45) is 3.09. The summed E-state index contributed by atoms with van der Waals surface area (Å²) in [6, 6.07) is 11.2. The molecule has 4 heteroatoms. The predicted molar refractivity (Wildman–Crippen MR) is 88.8 cm³/mol. The second kappa shape index (κ2) is 3.95. The van der Waals surface area contributed by atoms with Crippen molar-refractivity contribution in [3.8, 4) is 5.75 Å². The van der Waals surface area contributed by atoms with E-state index in [0.717, 1.165) is 30.0 Å². The third-order valence-corrected chi connectivity index (χ3v) is 5.89. The van der Waals surface area contributed by atoms with E-state index in [1.165, 1.54) is 5.56 Å². The number of phenols is 1. The van der Waals surface area contributed by atoms with Crippen molar-refractivity contribution >= 4 is 21.7 Å². The molecule has 23 heavy (non-hydrogen) atoms. The number of aromatic amines is 1. The third kappa shape index (κ3) is 1.56. The minimum absolute atomic E-state index is 0.122. The van der Waals surface area contributed by atoms with Crippen molar-refractivity contribution in [2.24, 2.45) is 5.41 Å². The summed E-state index contributed by atoms with van der Waals surface area (Å²) in [5.41, 5.74) is 2.07. The highest BCUT2D eigenvalue weighted by Gasteiger charge is 2.67. The van der Waals surface area contributed by atoms with Crippen molar-refractivity contribution in [1.82, 2.24) is 4.98 Å². The Hall–Kier alpha value is -2.33. The molecule has 2 bridgehead atoms. The second-order valence-corrected chi connectivity index (χ2v) is 7.41. The van der Waals surface area contributed by atoms with Crippen LogP contribution in [0.2, 0.25) is 0 Å². The Morgan fingerprint density at radius 1 is 1.00 bits per heavy atom. The van der Waals surface area contributed by atoms with E-state index in [9.17, 15) is 15.0 Å². The van der Waals surface area contributed by atoms with Crippen LogP contribution in [0.1, 0.15) is 24.8 Å². The van der Waals surface area contributed by atoms with Crippen molar-refractivity contribution in [3.05, 3.63) is 52.3 Å². The molecule has 0 unspecified atom stereocenters.